The predicted octanol–water partition coefficient (Wildman–Crippen LogP) is 2.25. The van der Waals surface area contributed by atoms with E-state index in [2.05, 4.69) is 0 Å². The molecule has 0 fully saturated rings. The zero-order valence-electron chi connectivity index (χ0n) is 10.1. The fourth-order valence-electron chi connectivity index (χ4n) is 1.50. The molecule has 0 aliphatic carbocycles. The lowest BCUT2D eigenvalue weighted by molar-refractivity contribution is -0.109. The third kappa shape index (κ3) is 4.65. The molecular weight excluding hydrogens is 295 g/mol. The van der Waals surface area contributed by atoms with Gasteiger partial charge in [-0.15, -0.1) is 0 Å². The number of benzene rings is 1. The molecule has 2 unspecified atom stereocenters. The molecule has 7 heteroatoms. The van der Waals surface area contributed by atoms with E-state index in [0.29, 0.717) is 5.75 Å². The van der Waals surface area contributed by atoms with Crippen molar-refractivity contribution < 1.29 is 24.5 Å². The van der Waals surface area contributed by atoms with Crippen molar-refractivity contribution in [3.63, 3.8) is 0 Å². The van der Waals surface area contributed by atoms with E-state index in [0.717, 1.165) is 17.8 Å². The van der Waals surface area contributed by atoms with Crippen LogP contribution in [-0.4, -0.2) is 32.3 Å². The topological polar surface area (TPSA) is 77.8 Å². The van der Waals surface area contributed by atoms with Crippen LogP contribution in [0.3, 0.4) is 0 Å². The highest BCUT2D eigenvalue weighted by molar-refractivity contribution is 8.13. The molecule has 0 aliphatic rings. The molecule has 0 saturated carbocycles. The third-order valence-corrected chi connectivity index (χ3v) is 3.52. The standard InChI is InChI=1S/C12H14ClFO4S/c1-6(15)19-3-2-10(16)12(18)8-4-7(13)5-9(14)11(8)17/h4-5,10,12,16-18H,2-3H2,1H3. The van der Waals surface area contributed by atoms with Crippen LogP contribution in [-0.2, 0) is 4.79 Å². The molecule has 1 aromatic rings. The van der Waals surface area contributed by atoms with Crippen molar-refractivity contribution in [1.29, 1.82) is 0 Å². The highest BCUT2D eigenvalue weighted by atomic mass is 35.5. The van der Waals surface area contributed by atoms with Gasteiger partial charge in [0.05, 0.1) is 6.10 Å². The lowest BCUT2D eigenvalue weighted by Crippen LogP contribution is -2.19. The summed E-state index contributed by atoms with van der Waals surface area (Å²) < 4.78 is 13.2. The van der Waals surface area contributed by atoms with Crippen LogP contribution in [0, 0.1) is 5.82 Å². The SMILES string of the molecule is CC(=O)SCCC(O)C(O)c1cc(Cl)cc(F)c1O. The van der Waals surface area contributed by atoms with Crippen molar-refractivity contribution in [1.82, 2.24) is 0 Å². The summed E-state index contributed by atoms with van der Waals surface area (Å²) in [6.07, 6.45) is -2.57. The van der Waals surface area contributed by atoms with Gasteiger partial charge in [0.15, 0.2) is 16.7 Å². The van der Waals surface area contributed by atoms with Gasteiger partial charge >= 0.3 is 0 Å². The van der Waals surface area contributed by atoms with Crippen LogP contribution < -0.4 is 0 Å². The van der Waals surface area contributed by atoms with Gasteiger partial charge in [0.2, 0.25) is 0 Å². The van der Waals surface area contributed by atoms with Gasteiger partial charge in [-0.25, -0.2) is 4.39 Å². The van der Waals surface area contributed by atoms with Crippen molar-refractivity contribution in [2.24, 2.45) is 0 Å². The number of aliphatic hydroxyl groups is 2. The molecule has 0 heterocycles. The zero-order valence-corrected chi connectivity index (χ0v) is 11.7. The Morgan fingerprint density at radius 1 is 1.47 bits per heavy atom. The largest absolute Gasteiger partial charge is 0.505 e. The minimum absolute atomic E-state index is 0.00895. The van der Waals surface area contributed by atoms with E-state index in [1.54, 1.807) is 0 Å². The average Bonchev–Trinajstić information content (AvgIpc) is 2.32. The minimum Gasteiger partial charge on any atom is -0.505 e. The number of carbonyl (C=O) groups is 1. The molecule has 0 radical (unpaired) electrons. The first-order chi connectivity index (χ1) is 8.82. The Labute approximate surface area is 119 Å². The maximum absolute atomic E-state index is 13.2. The molecule has 0 amide bonds. The summed E-state index contributed by atoms with van der Waals surface area (Å²) in [5.41, 5.74) is -0.176. The van der Waals surface area contributed by atoms with Gasteiger partial charge in [0, 0.05) is 23.3 Å². The number of rotatable bonds is 5. The Morgan fingerprint density at radius 2 is 2.11 bits per heavy atom. The first-order valence-electron chi connectivity index (χ1n) is 5.50. The summed E-state index contributed by atoms with van der Waals surface area (Å²) in [7, 11) is 0. The Kier molecular flexibility index (Phi) is 6.06. The van der Waals surface area contributed by atoms with Crippen molar-refractivity contribution >= 4 is 28.5 Å². The molecule has 0 aliphatic heterocycles. The molecule has 0 saturated heterocycles. The highest BCUT2D eigenvalue weighted by Gasteiger charge is 2.23. The van der Waals surface area contributed by atoms with Crippen LogP contribution in [0.25, 0.3) is 0 Å². The van der Waals surface area contributed by atoms with E-state index in [4.69, 9.17) is 11.6 Å². The van der Waals surface area contributed by atoms with E-state index < -0.39 is 23.8 Å². The number of aliphatic hydroxyl groups excluding tert-OH is 2. The molecule has 106 valence electrons. The molecular formula is C12H14ClFO4S. The van der Waals surface area contributed by atoms with Crippen LogP contribution in [0.15, 0.2) is 12.1 Å². The van der Waals surface area contributed by atoms with Gasteiger partial charge in [-0.2, -0.15) is 0 Å². The number of carbonyl (C=O) groups excluding carboxylic acids is 1. The average molecular weight is 309 g/mol. The fourth-order valence-corrected chi connectivity index (χ4v) is 2.36. The Balaban J connectivity index is 2.76. The number of halogens is 2. The third-order valence-electron chi connectivity index (χ3n) is 2.46. The Morgan fingerprint density at radius 3 is 2.68 bits per heavy atom. The maximum atomic E-state index is 13.2. The monoisotopic (exact) mass is 308 g/mol. The first-order valence-corrected chi connectivity index (χ1v) is 6.86. The summed E-state index contributed by atoms with van der Waals surface area (Å²) in [6.45, 7) is 1.39. The molecule has 0 spiro atoms. The van der Waals surface area contributed by atoms with Gasteiger partial charge in [0.1, 0.15) is 6.10 Å². The second-order valence-corrected chi connectivity index (χ2v) is 5.67. The molecule has 19 heavy (non-hydrogen) atoms. The van der Waals surface area contributed by atoms with Gasteiger partial charge in [-0.05, 0) is 18.6 Å². The first kappa shape index (κ1) is 16.2. The normalized spacial score (nSPS) is 14.2. The summed E-state index contributed by atoms with van der Waals surface area (Å²) in [5.74, 6) is -1.39. The van der Waals surface area contributed by atoms with Crippen LogP contribution in [0.1, 0.15) is 25.0 Å². The Bertz CT molecular complexity index is 469. The van der Waals surface area contributed by atoms with E-state index >= 15 is 0 Å². The van der Waals surface area contributed by atoms with Crippen LogP contribution in [0.5, 0.6) is 5.75 Å². The molecule has 3 N–H and O–H groups in total. The quantitative estimate of drug-likeness (QED) is 0.777. The number of phenolic OH excluding ortho intramolecular Hbond substituents is 1. The maximum Gasteiger partial charge on any atom is 0.185 e. The van der Waals surface area contributed by atoms with Gasteiger partial charge in [-0.3, -0.25) is 4.79 Å². The summed E-state index contributed by atoms with van der Waals surface area (Å²) >= 11 is 6.63. The number of hydrogen-bond acceptors (Lipinski definition) is 5. The summed E-state index contributed by atoms with van der Waals surface area (Å²) in [5, 5.41) is 29.0. The second-order valence-electron chi connectivity index (χ2n) is 3.97. The summed E-state index contributed by atoms with van der Waals surface area (Å²) in [4.78, 5) is 10.7. The minimum atomic E-state index is -1.47. The van der Waals surface area contributed by atoms with E-state index in [9.17, 15) is 24.5 Å². The second kappa shape index (κ2) is 7.09. The van der Waals surface area contributed by atoms with Crippen LogP contribution in [0.4, 0.5) is 4.39 Å². The number of aromatic hydroxyl groups is 1. The van der Waals surface area contributed by atoms with E-state index in [1.807, 2.05) is 0 Å². The van der Waals surface area contributed by atoms with E-state index in [-0.39, 0.29) is 22.1 Å². The van der Waals surface area contributed by atoms with Gasteiger partial charge in [-0.1, -0.05) is 23.4 Å². The Hall–Kier alpha value is -0.820. The molecule has 0 bridgehead atoms. The fraction of sp³-hybridized carbons (Fsp3) is 0.417. The number of hydrogen-bond donors (Lipinski definition) is 3. The lowest BCUT2D eigenvalue weighted by Gasteiger charge is -2.19. The molecule has 1 rings (SSSR count). The molecule has 2 atom stereocenters. The lowest BCUT2D eigenvalue weighted by atomic mass is 10.0. The molecule has 4 nitrogen and oxygen atoms in total. The van der Waals surface area contributed by atoms with Crippen molar-refractivity contribution in [3.8, 4) is 5.75 Å². The number of thioether (sulfide) groups is 1. The van der Waals surface area contributed by atoms with Crippen molar-refractivity contribution in [2.75, 3.05) is 5.75 Å². The van der Waals surface area contributed by atoms with Crippen molar-refractivity contribution in [3.05, 3.63) is 28.5 Å². The smallest absolute Gasteiger partial charge is 0.185 e. The zero-order chi connectivity index (χ0) is 14.6. The highest BCUT2D eigenvalue weighted by Crippen LogP contribution is 2.33. The van der Waals surface area contributed by atoms with Crippen LogP contribution in [0.2, 0.25) is 5.02 Å². The predicted molar refractivity (Wildman–Crippen MR) is 71.8 cm³/mol. The summed E-state index contributed by atoms with van der Waals surface area (Å²) in [6, 6.07) is 2.09. The van der Waals surface area contributed by atoms with Gasteiger partial charge < -0.3 is 15.3 Å². The van der Waals surface area contributed by atoms with Crippen molar-refractivity contribution in [2.45, 2.75) is 25.6 Å². The van der Waals surface area contributed by atoms with Gasteiger partial charge in [0.25, 0.3) is 0 Å². The molecule has 1 aromatic carbocycles. The van der Waals surface area contributed by atoms with E-state index in [1.165, 1.54) is 13.0 Å². The number of phenols is 1. The van der Waals surface area contributed by atoms with Crippen LogP contribution >= 0.6 is 23.4 Å². The molecule has 0 aromatic heterocycles.